The highest BCUT2D eigenvalue weighted by Crippen LogP contribution is 2.37. The van der Waals surface area contributed by atoms with Crippen LogP contribution < -0.4 is 5.32 Å². The van der Waals surface area contributed by atoms with Crippen LogP contribution in [0.2, 0.25) is 0 Å². The van der Waals surface area contributed by atoms with Gasteiger partial charge in [-0.05, 0) is 30.2 Å². The van der Waals surface area contributed by atoms with Crippen molar-refractivity contribution in [3.63, 3.8) is 0 Å². The van der Waals surface area contributed by atoms with Crippen LogP contribution in [0.4, 0.5) is 0 Å². The second-order valence-electron chi connectivity index (χ2n) is 6.59. The Balaban J connectivity index is 1.82. The van der Waals surface area contributed by atoms with E-state index in [0.29, 0.717) is 11.5 Å². The molecule has 0 spiro atoms. The van der Waals surface area contributed by atoms with E-state index in [9.17, 15) is 0 Å². The number of aromatic nitrogens is 2. The second kappa shape index (κ2) is 5.87. The molecule has 0 unspecified atom stereocenters. The fourth-order valence-electron chi connectivity index (χ4n) is 3.21. The predicted molar refractivity (Wildman–Crippen MR) is 75.4 cm³/mol. The number of hydrogen-bond acceptors (Lipinski definition) is 2. The maximum absolute atomic E-state index is 4.24. The average molecular weight is 249 g/mol. The smallest absolute Gasteiger partial charge is 0.0534 e. The van der Waals surface area contributed by atoms with Gasteiger partial charge in [-0.3, -0.25) is 4.68 Å². The molecule has 102 valence electrons. The molecule has 1 saturated carbocycles. The highest BCUT2D eigenvalue weighted by Gasteiger charge is 2.33. The van der Waals surface area contributed by atoms with Crippen LogP contribution in [-0.2, 0) is 6.54 Å². The third-order valence-corrected chi connectivity index (χ3v) is 4.18. The monoisotopic (exact) mass is 249 g/mol. The van der Waals surface area contributed by atoms with Gasteiger partial charge in [0.15, 0.2) is 0 Å². The number of nitrogens with one attached hydrogen (secondary N) is 1. The Hall–Kier alpha value is -0.830. The van der Waals surface area contributed by atoms with Gasteiger partial charge in [-0.2, -0.15) is 5.10 Å². The van der Waals surface area contributed by atoms with Crippen molar-refractivity contribution in [2.75, 3.05) is 6.54 Å². The summed E-state index contributed by atoms with van der Waals surface area (Å²) >= 11 is 0. The van der Waals surface area contributed by atoms with Gasteiger partial charge in [-0.15, -0.1) is 0 Å². The largest absolute Gasteiger partial charge is 0.312 e. The van der Waals surface area contributed by atoms with E-state index in [1.807, 2.05) is 23.1 Å². The quantitative estimate of drug-likeness (QED) is 0.888. The number of nitrogens with zero attached hydrogens (tertiary/aromatic N) is 2. The Bertz CT molecular complexity index is 337. The molecule has 0 saturated heterocycles. The Labute approximate surface area is 111 Å². The van der Waals surface area contributed by atoms with E-state index in [4.69, 9.17) is 0 Å². The molecule has 0 aromatic carbocycles. The number of hydrogen-bond donors (Lipinski definition) is 1. The molecule has 1 aliphatic carbocycles. The van der Waals surface area contributed by atoms with E-state index in [1.165, 1.54) is 25.7 Å². The van der Waals surface area contributed by atoms with Gasteiger partial charge in [-0.1, -0.05) is 33.6 Å². The van der Waals surface area contributed by atoms with Crippen LogP contribution in [0.3, 0.4) is 0 Å². The van der Waals surface area contributed by atoms with Crippen molar-refractivity contribution in [1.82, 2.24) is 15.1 Å². The lowest BCUT2D eigenvalue weighted by atomic mass is 9.69. The third-order valence-electron chi connectivity index (χ3n) is 4.18. The molecular formula is C15H27N3. The van der Waals surface area contributed by atoms with Crippen LogP contribution >= 0.6 is 0 Å². The average Bonchev–Trinajstić information content (AvgIpc) is 2.81. The SMILES string of the molecule is CC(C)(C)[C@@H]1CCCC[C@@H]1NCCn1cccn1. The Morgan fingerprint density at radius 3 is 2.72 bits per heavy atom. The lowest BCUT2D eigenvalue weighted by Gasteiger charge is -2.41. The molecule has 0 bridgehead atoms. The first kappa shape index (κ1) is 13.6. The molecule has 1 aromatic rings. The van der Waals surface area contributed by atoms with E-state index in [1.54, 1.807) is 0 Å². The molecule has 3 nitrogen and oxygen atoms in total. The summed E-state index contributed by atoms with van der Waals surface area (Å²) in [6, 6.07) is 2.67. The molecule has 18 heavy (non-hydrogen) atoms. The molecule has 1 N–H and O–H groups in total. The second-order valence-corrected chi connectivity index (χ2v) is 6.59. The molecule has 0 radical (unpaired) electrons. The highest BCUT2D eigenvalue weighted by atomic mass is 15.3. The maximum atomic E-state index is 4.24. The molecule has 1 aliphatic rings. The first-order valence-corrected chi connectivity index (χ1v) is 7.28. The fraction of sp³-hybridized carbons (Fsp3) is 0.800. The van der Waals surface area contributed by atoms with Gasteiger partial charge >= 0.3 is 0 Å². The van der Waals surface area contributed by atoms with Gasteiger partial charge in [0.1, 0.15) is 0 Å². The van der Waals surface area contributed by atoms with Crippen molar-refractivity contribution in [3.8, 4) is 0 Å². The normalized spacial score (nSPS) is 25.3. The maximum Gasteiger partial charge on any atom is 0.0534 e. The summed E-state index contributed by atoms with van der Waals surface area (Å²) in [5, 5.41) is 8.00. The molecule has 2 atom stereocenters. The van der Waals surface area contributed by atoms with Crippen molar-refractivity contribution in [2.24, 2.45) is 11.3 Å². The van der Waals surface area contributed by atoms with Crippen molar-refractivity contribution in [1.29, 1.82) is 0 Å². The zero-order valence-electron chi connectivity index (χ0n) is 12.0. The first-order chi connectivity index (χ1) is 8.57. The molecule has 2 rings (SSSR count). The summed E-state index contributed by atoms with van der Waals surface area (Å²) in [6.45, 7) is 9.14. The van der Waals surface area contributed by atoms with E-state index in [-0.39, 0.29) is 0 Å². The minimum atomic E-state index is 0.420. The first-order valence-electron chi connectivity index (χ1n) is 7.28. The summed E-state index contributed by atoms with van der Waals surface area (Å²) < 4.78 is 2.00. The molecule has 3 heteroatoms. The van der Waals surface area contributed by atoms with Gasteiger partial charge in [0.2, 0.25) is 0 Å². The molecular weight excluding hydrogens is 222 g/mol. The Kier molecular flexibility index (Phi) is 4.44. The zero-order chi connectivity index (χ0) is 13.0. The number of rotatable bonds is 4. The van der Waals surface area contributed by atoms with Crippen molar-refractivity contribution < 1.29 is 0 Å². The van der Waals surface area contributed by atoms with E-state index in [0.717, 1.165) is 19.0 Å². The van der Waals surface area contributed by atoms with Gasteiger partial charge in [-0.25, -0.2) is 0 Å². The summed E-state index contributed by atoms with van der Waals surface area (Å²) in [5.41, 5.74) is 0.420. The van der Waals surface area contributed by atoms with Crippen LogP contribution in [-0.4, -0.2) is 22.4 Å². The predicted octanol–water partition coefficient (Wildman–Crippen LogP) is 3.08. The van der Waals surface area contributed by atoms with E-state index in [2.05, 4.69) is 31.2 Å². The molecule has 0 amide bonds. The topological polar surface area (TPSA) is 29.9 Å². The standard InChI is InChI=1S/C15H27N3/c1-15(2,3)13-7-4-5-8-14(13)16-10-12-18-11-6-9-17-18/h6,9,11,13-14,16H,4-5,7-8,10,12H2,1-3H3/t13-,14+/m1/s1. The Morgan fingerprint density at radius 2 is 2.06 bits per heavy atom. The lowest BCUT2D eigenvalue weighted by Crippen LogP contribution is -2.45. The minimum absolute atomic E-state index is 0.420. The van der Waals surface area contributed by atoms with Gasteiger partial charge in [0.05, 0.1) is 6.54 Å². The van der Waals surface area contributed by atoms with Crippen molar-refractivity contribution in [2.45, 2.75) is 59.0 Å². The Morgan fingerprint density at radius 1 is 1.28 bits per heavy atom. The minimum Gasteiger partial charge on any atom is -0.312 e. The summed E-state index contributed by atoms with van der Waals surface area (Å²) in [7, 11) is 0. The van der Waals surface area contributed by atoms with Crippen LogP contribution in [0.25, 0.3) is 0 Å². The van der Waals surface area contributed by atoms with Crippen LogP contribution in [0, 0.1) is 11.3 Å². The summed E-state index contributed by atoms with van der Waals surface area (Å²) in [6.07, 6.45) is 9.37. The van der Waals surface area contributed by atoms with Crippen LogP contribution in [0.1, 0.15) is 46.5 Å². The summed E-state index contributed by atoms with van der Waals surface area (Å²) in [5.74, 6) is 0.809. The molecule has 1 heterocycles. The highest BCUT2D eigenvalue weighted by molar-refractivity contribution is 4.88. The lowest BCUT2D eigenvalue weighted by molar-refractivity contribution is 0.130. The van der Waals surface area contributed by atoms with Gasteiger partial charge in [0, 0.05) is 25.0 Å². The van der Waals surface area contributed by atoms with E-state index >= 15 is 0 Å². The van der Waals surface area contributed by atoms with Crippen LogP contribution in [0.15, 0.2) is 18.5 Å². The van der Waals surface area contributed by atoms with Gasteiger partial charge < -0.3 is 5.32 Å². The molecule has 1 fully saturated rings. The third kappa shape index (κ3) is 3.58. The molecule has 1 aromatic heterocycles. The van der Waals surface area contributed by atoms with Crippen molar-refractivity contribution in [3.05, 3.63) is 18.5 Å². The van der Waals surface area contributed by atoms with Gasteiger partial charge in [0.25, 0.3) is 0 Å². The van der Waals surface area contributed by atoms with E-state index < -0.39 is 0 Å². The van der Waals surface area contributed by atoms with Crippen LogP contribution in [0.5, 0.6) is 0 Å². The fourth-order valence-corrected chi connectivity index (χ4v) is 3.21. The van der Waals surface area contributed by atoms with Crippen molar-refractivity contribution >= 4 is 0 Å². The zero-order valence-corrected chi connectivity index (χ0v) is 12.0. The molecule has 0 aliphatic heterocycles. The summed E-state index contributed by atoms with van der Waals surface area (Å²) in [4.78, 5) is 0.